The number of aliphatic hydroxyl groups is 1. The molecule has 1 aliphatic heterocycles. The first-order chi connectivity index (χ1) is 4.24. The van der Waals surface area contributed by atoms with E-state index >= 15 is 0 Å². The summed E-state index contributed by atoms with van der Waals surface area (Å²) in [5.41, 5.74) is 0. The van der Waals surface area contributed by atoms with Crippen molar-refractivity contribution in [1.82, 2.24) is 0 Å². The SMILES string of the molecule is [CH2]C1OC(CO)CC1C. The topological polar surface area (TPSA) is 29.5 Å². The van der Waals surface area contributed by atoms with E-state index in [1.165, 1.54) is 0 Å². The first kappa shape index (κ1) is 7.03. The van der Waals surface area contributed by atoms with Gasteiger partial charge >= 0.3 is 0 Å². The van der Waals surface area contributed by atoms with Gasteiger partial charge in [0.1, 0.15) is 0 Å². The van der Waals surface area contributed by atoms with Gasteiger partial charge < -0.3 is 9.84 Å². The third-order valence-corrected chi connectivity index (χ3v) is 1.84. The van der Waals surface area contributed by atoms with E-state index in [0.29, 0.717) is 5.92 Å². The quantitative estimate of drug-likeness (QED) is 0.562. The molecular formula is C7H13O2. The van der Waals surface area contributed by atoms with E-state index in [-0.39, 0.29) is 18.8 Å². The Kier molecular flexibility index (Phi) is 2.09. The van der Waals surface area contributed by atoms with Crippen molar-refractivity contribution < 1.29 is 9.84 Å². The van der Waals surface area contributed by atoms with Crippen molar-refractivity contribution >= 4 is 0 Å². The van der Waals surface area contributed by atoms with E-state index in [1.54, 1.807) is 0 Å². The van der Waals surface area contributed by atoms with E-state index in [9.17, 15) is 0 Å². The molecule has 0 bridgehead atoms. The Morgan fingerprint density at radius 3 is 2.67 bits per heavy atom. The molecule has 1 fully saturated rings. The maximum absolute atomic E-state index is 8.65. The predicted molar refractivity (Wildman–Crippen MR) is 34.9 cm³/mol. The van der Waals surface area contributed by atoms with Gasteiger partial charge in [0.15, 0.2) is 0 Å². The number of ether oxygens (including phenoxy) is 1. The van der Waals surface area contributed by atoms with Gasteiger partial charge in [0.05, 0.1) is 18.8 Å². The van der Waals surface area contributed by atoms with Crippen molar-refractivity contribution in [3.63, 3.8) is 0 Å². The molecule has 53 valence electrons. The summed E-state index contributed by atoms with van der Waals surface area (Å²) >= 11 is 0. The Labute approximate surface area is 55.8 Å². The predicted octanol–water partition coefficient (Wildman–Crippen LogP) is 0.606. The third-order valence-electron chi connectivity index (χ3n) is 1.84. The van der Waals surface area contributed by atoms with Crippen LogP contribution in [-0.2, 0) is 4.74 Å². The molecule has 2 nitrogen and oxygen atoms in total. The van der Waals surface area contributed by atoms with E-state index in [1.807, 2.05) is 0 Å². The van der Waals surface area contributed by atoms with Crippen LogP contribution in [0.4, 0.5) is 0 Å². The molecular weight excluding hydrogens is 116 g/mol. The molecule has 3 atom stereocenters. The number of hydrogen-bond acceptors (Lipinski definition) is 2. The molecule has 1 aliphatic rings. The summed E-state index contributed by atoms with van der Waals surface area (Å²) in [5, 5.41) is 8.65. The van der Waals surface area contributed by atoms with Crippen molar-refractivity contribution in [2.75, 3.05) is 6.61 Å². The van der Waals surface area contributed by atoms with Gasteiger partial charge in [-0.25, -0.2) is 0 Å². The van der Waals surface area contributed by atoms with Crippen LogP contribution in [0.25, 0.3) is 0 Å². The highest BCUT2D eigenvalue weighted by atomic mass is 16.5. The van der Waals surface area contributed by atoms with Gasteiger partial charge in [0.2, 0.25) is 0 Å². The molecule has 1 heterocycles. The van der Waals surface area contributed by atoms with Crippen LogP contribution < -0.4 is 0 Å². The number of aliphatic hydroxyl groups excluding tert-OH is 1. The van der Waals surface area contributed by atoms with Gasteiger partial charge in [0, 0.05) is 0 Å². The average Bonchev–Trinajstić information content (AvgIpc) is 2.13. The zero-order valence-corrected chi connectivity index (χ0v) is 5.71. The summed E-state index contributed by atoms with van der Waals surface area (Å²) in [6.07, 6.45) is 1.08. The molecule has 0 spiro atoms. The lowest BCUT2D eigenvalue weighted by atomic mass is 10.0. The molecule has 1 N–H and O–H groups in total. The lowest BCUT2D eigenvalue weighted by Gasteiger charge is -2.06. The molecule has 0 aliphatic carbocycles. The van der Waals surface area contributed by atoms with Crippen LogP contribution in [0.5, 0.6) is 0 Å². The summed E-state index contributed by atoms with van der Waals surface area (Å²) < 4.78 is 5.26. The van der Waals surface area contributed by atoms with Gasteiger partial charge in [0.25, 0.3) is 0 Å². The van der Waals surface area contributed by atoms with E-state index < -0.39 is 0 Å². The van der Waals surface area contributed by atoms with Gasteiger partial charge in [-0.2, -0.15) is 0 Å². The first-order valence-electron chi connectivity index (χ1n) is 3.33. The molecule has 2 heteroatoms. The second-order valence-electron chi connectivity index (χ2n) is 2.69. The highest BCUT2D eigenvalue weighted by molar-refractivity contribution is 4.80. The number of rotatable bonds is 1. The molecule has 3 unspecified atom stereocenters. The van der Waals surface area contributed by atoms with E-state index in [4.69, 9.17) is 9.84 Å². The third kappa shape index (κ3) is 1.43. The zero-order valence-electron chi connectivity index (χ0n) is 5.71. The largest absolute Gasteiger partial charge is 0.394 e. The first-order valence-corrected chi connectivity index (χ1v) is 3.33. The summed E-state index contributed by atoms with van der Waals surface area (Å²) in [4.78, 5) is 0. The molecule has 0 amide bonds. The smallest absolute Gasteiger partial charge is 0.0813 e. The molecule has 0 aromatic carbocycles. The molecule has 1 saturated heterocycles. The van der Waals surface area contributed by atoms with Crippen LogP contribution in [-0.4, -0.2) is 23.9 Å². The Morgan fingerprint density at radius 1 is 1.78 bits per heavy atom. The Balaban J connectivity index is 2.35. The van der Waals surface area contributed by atoms with Gasteiger partial charge in [-0.3, -0.25) is 0 Å². The fraction of sp³-hybridized carbons (Fsp3) is 0.857. The molecule has 0 saturated carbocycles. The minimum absolute atomic E-state index is 0.0440. The lowest BCUT2D eigenvalue weighted by molar-refractivity contribution is 0.0261. The monoisotopic (exact) mass is 129 g/mol. The molecule has 1 radical (unpaired) electrons. The van der Waals surface area contributed by atoms with Crippen LogP contribution in [0.3, 0.4) is 0 Å². The highest BCUT2D eigenvalue weighted by Crippen LogP contribution is 2.24. The van der Waals surface area contributed by atoms with Crippen LogP contribution in [0, 0.1) is 12.8 Å². The average molecular weight is 129 g/mol. The van der Waals surface area contributed by atoms with Crippen LogP contribution in [0.15, 0.2) is 0 Å². The summed E-state index contributed by atoms with van der Waals surface area (Å²) in [7, 11) is 0. The Morgan fingerprint density at radius 2 is 2.44 bits per heavy atom. The van der Waals surface area contributed by atoms with Crippen molar-refractivity contribution in [3.05, 3.63) is 6.92 Å². The van der Waals surface area contributed by atoms with Crippen LogP contribution in [0.1, 0.15) is 13.3 Å². The van der Waals surface area contributed by atoms with Crippen molar-refractivity contribution in [2.45, 2.75) is 25.6 Å². The van der Waals surface area contributed by atoms with Gasteiger partial charge in [-0.05, 0) is 19.3 Å². The van der Waals surface area contributed by atoms with Crippen molar-refractivity contribution in [3.8, 4) is 0 Å². The fourth-order valence-corrected chi connectivity index (χ4v) is 1.12. The van der Waals surface area contributed by atoms with Crippen molar-refractivity contribution in [2.24, 2.45) is 5.92 Å². The molecule has 0 aromatic rings. The van der Waals surface area contributed by atoms with Crippen LogP contribution in [0.2, 0.25) is 0 Å². The summed E-state index contributed by atoms with van der Waals surface area (Å²) in [6.45, 7) is 6.01. The second-order valence-corrected chi connectivity index (χ2v) is 2.69. The van der Waals surface area contributed by atoms with E-state index in [0.717, 1.165) is 6.42 Å². The Hall–Kier alpha value is -0.0800. The second kappa shape index (κ2) is 2.67. The highest BCUT2D eigenvalue weighted by Gasteiger charge is 2.27. The minimum Gasteiger partial charge on any atom is -0.394 e. The molecule has 1 rings (SSSR count). The standard InChI is InChI=1S/C7H13O2/c1-5-3-7(4-8)9-6(5)2/h5-8H,2-4H2,1H3. The number of hydrogen-bond donors (Lipinski definition) is 1. The Bertz CT molecular complexity index is 82.9. The van der Waals surface area contributed by atoms with Gasteiger partial charge in [-0.1, -0.05) is 6.92 Å². The molecule has 0 aromatic heterocycles. The van der Waals surface area contributed by atoms with Gasteiger partial charge in [-0.15, -0.1) is 0 Å². The van der Waals surface area contributed by atoms with E-state index in [2.05, 4.69) is 13.8 Å². The fourth-order valence-electron chi connectivity index (χ4n) is 1.12. The molecule has 9 heavy (non-hydrogen) atoms. The summed E-state index contributed by atoms with van der Waals surface area (Å²) in [6, 6.07) is 0. The maximum atomic E-state index is 8.65. The summed E-state index contributed by atoms with van der Waals surface area (Å²) in [5.74, 6) is 0.502. The normalized spacial score (nSPS) is 43.7. The zero-order chi connectivity index (χ0) is 6.85. The maximum Gasteiger partial charge on any atom is 0.0813 e. The lowest BCUT2D eigenvalue weighted by Crippen LogP contribution is -2.12. The van der Waals surface area contributed by atoms with Crippen LogP contribution >= 0.6 is 0 Å². The minimum atomic E-state index is 0.0440. The van der Waals surface area contributed by atoms with Crippen molar-refractivity contribution in [1.29, 1.82) is 0 Å².